The maximum Gasteiger partial charge on any atom is 0.323 e. The molecule has 92 valence electrons. The number of ether oxygens (including phenoxy) is 2. The van der Waals surface area contributed by atoms with E-state index in [0.29, 0.717) is 0 Å². The fraction of sp³-hybridized carbons (Fsp3) is 0.889. The number of carbonyl (C=O) groups excluding carboxylic acids is 1. The van der Waals surface area contributed by atoms with Crippen LogP contribution in [0.25, 0.3) is 0 Å². The highest BCUT2D eigenvalue weighted by Crippen LogP contribution is 2.38. The first kappa shape index (κ1) is 11.8. The summed E-state index contributed by atoms with van der Waals surface area (Å²) in [5, 5.41) is 0. The van der Waals surface area contributed by atoms with E-state index in [0.717, 1.165) is 19.3 Å². The van der Waals surface area contributed by atoms with E-state index in [1.54, 1.807) is 0 Å². The first-order chi connectivity index (χ1) is 7.44. The lowest BCUT2D eigenvalue weighted by atomic mass is 9.90. The Morgan fingerprint density at radius 1 is 1.44 bits per heavy atom. The Morgan fingerprint density at radius 2 is 2.19 bits per heavy atom. The van der Waals surface area contributed by atoms with Crippen molar-refractivity contribution < 1.29 is 27.2 Å². The molecular weight excluding hydrogens is 236 g/mol. The molecule has 0 amide bonds. The Morgan fingerprint density at radius 3 is 2.69 bits per heavy atom. The van der Waals surface area contributed by atoms with Gasteiger partial charge in [0.05, 0.1) is 18.8 Å². The summed E-state index contributed by atoms with van der Waals surface area (Å²) in [6.45, 7) is 0.176. The summed E-state index contributed by atoms with van der Waals surface area (Å²) in [4.78, 5) is 11.0. The predicted molar refractivity (Wildman–Crippen MR) is 53.4 cm³/mol. The van der Waals surface area contributed by atoms with Crippen LogP contribution < -0.4 is 0 Å². The Balaban J connectivity index is 1.74. The van der Waals surface area contributed by atoms with Crippen molar-refractivity contribution in [2.24, 2.45) is 5.92 Å². The largest absolute Gasteiger partial charge is 0.464 e. The molecule has 2 aliphatic heterocycles. The van der Waals surface area contributed by atoms with Gasteiger partial charge in [-0.3, -0.25) is 9.35 Å². The molecule has 2 saturated heterocycles. The molecule has 2 aliphatic rings. The summed E-state index contributed by atoms with van der Waals surface area (Å²) >= 11 is 0. The highest BCUT2D eigenvalue weighted by molar-refractivity contribution is 7.86. The second-order valence-corrected chi connectivity index (χ2v) is 5.73. The number of esters is 1. The van der Waals surface area contributed by atoms with E-state index < -0.39 is 21.8 Å². The van der Waals surface area contributed by atoms with Gasteiger partial charge >= 0.3 is 5.97 Å². The minimum absolute atomic E-state index is 0.142. The molecule has 0 aliphatic carbocycles. The summed E-state index contributed by atoms with van der Waals surface area (Å²) < 4.78 is 39.6. The van der Waals surface area contributed by atoms with Crippen molar-refractivity contribution >= 4 is 16.1 Å². The zero-order chi connectivity index (χ0) is 11.8. The number of carbonyl (C=O) groups is 1. The van der Waals surface area contributed by atoms with Gasteiger partial charge < -0.3 is 9.47 Å². The van der Waals surface area contributed by atoms with Crippen LogP contribution in [0.15, 0.2) is 0 Å². The summed E-state index contributed by atoms with van der Waals surface area (Å²) in [6, 6.07) is 0. The van der Waals surface area contributed by atoms with Crippen molar-refractivity contribution in [3.8, 4) is 0 Å². The average molecular weight is 250 g/mol. The van der Waals surface area contributed by atoms with E-state index in [-0.39, 0.29) is 24.7 Å². The van der Waals surface area contributed by atoms with E-state index in [4.69, 9.17) is 14.0 Å². The number of hydrogen-bond acceptors (Lipinski definition) is 5. The van der Waals surface area contributed by atoms with Gasteiger partial charge in [0.15, 0.2) is 5.75 Å². The van der Waals surface area contributed by atoms with Crippen molar-refractivity contribution in [2.75, 3.05) is 12.4 Å². The van der Waals surface area contributed by atoms with Gasteiger partial charge in [0.25, 0.3) is 10.1 Å². The smallest absolute Gasteiger partial charge is 0.323 e. The number of hydrogen-bond donors (Lipinski definition) is 1. The van der Waals surface area contributed by atoms with Gasteiger partial charge in [-0.25, -0.2) is 0 Å². The number of fused-ring (bicyclic) bond motifs is 2. The van der Waals surface area contributed by atoms with Crippen LogP contribution in [0.3, 0.4) is 0 Å². The first-order valence-electron chi connectivity index (χ1n) is 5.20. The van der Waals surface area contributed by atoms with Crippen LogP contribution in [-0.2, 0) is 24.4 Å². The van der Waals surface area contributed by atoms with Crippen LogP contribution in [0.5, 0.6) is 0 Å². The zero-order valence-electron chi connectivity index (χ0n) is 8.66. The van der Waals surface area contributed by atoms with Gasteiger partial charge in [0, 0.05) is 5.92 Å². The minimum Gasteiger partial charge on any atom is -0.464 e. The maximum atomic E-state index is 11.0. The highest BCUT2D eigenvalue weighted by Gasteiger charge is 2.41. The first-order valence-corrected chi connectivity index (χ1v) is 6.81. The lowest BCUT2D eigenvalue weighted by molar-refractivity contribution is -0.142. The lowest BCUT2D eigenvalue weighted by Gasteiger charge is -2.17. The van der Waals surface area contributed by atoms with Gasteiger partial charge in [-0.15, -0.1) is 0 Å². The lowest BCUT2D eigenvalue weighted by Crippen LogP contribution is -2.26. The van der Waals surface area contributed by atoms with Gasteiger partial charge in [0.1, 0.15) is 0 Å². The minimum atomic E-state index is -4.29. The molecule has 2 fully saturated rings. The molecule has 0 aromatic heterocycles. The highest BCUT2D eigenvalue weighted by atomic mass is 32.2. The molecule has 0 aromatic rings. The standard InChI is InChI=1S/C9H14O6S/c10-9(5-16(11,12)13)14-4-6-3-7-1-2-8(6)15-7/h6-8H,1-5H2,(H,11,12,13). The van der Waals surface area contributed by atoms with Crippen LogP contribution in [-0.4, -0.2) is 43.5 Å². The second kappa shape index (κ2) is 4.31. The molecule has 0 spiro atoms. The molecule has 6 nitrogen and oxygen atoms in total. The molecule has 16 heavy (non-hydrogen) atoms. The fourth-order valence-corrected chi connectivity index (χ4v) is 2.69. The van der Waals surface area contributed by atoms with Crippen molar-refractivity contribution in [2.45, 2.75) is 31.5 Å². The Kier molecular flexibility index (Phi) is 3.18. The molecule has 1 N–H and O–H groups in total. The summed E-state index contributed by atoms with van der Waals surface area (Å²) in [6.07, 6.45) is 3.31. The van der Waals surface area contributed by atoms with Crippen molar-refractivity contribution in [1.29, 1.82) is 0 Å². The van der Waals surface area contributed by atoms with E-state index in [1.165, 1.54) is 0 Å². The molecule has 0 saturated carbocycles. The average Bonchev–Trinajstić information content (AvgIpc) is 2.72. The molecule has 2 bridgehead atoms. The number of rotatable bonds is 4. The van der Waals surface area contributed by atoms with E-state index in [9.17, 15) is 13.2 Å². The monoisotopic (exact) mass is 250 g/mol. The van der Waals surface area contributed by atoms with Crippen LogP contribution in [0.4, 0.5) is 0 Å². The zero-order valence-corrected chi connectivity index (χ0v) is 9.48. The molecular formula is C9H14O6S. The van der Waals surface area contributed by atoms with E-state index >= 15 is 0 Å². The van der Waals surface area contributed by atoms with Gasteiger partial charge in [-0.1, -0.05) is 0 Å². The predicted octanol–water partition coefficient (Wildman–Crippen LogP) is -0.0151. The molecule has 7 heteroatoms. The third kappa shape index (κ3) is 2.93. The van der Waals surface area contributed by atoms with Crippen LogP contribution in [0.2, 0.25) is 0 Å². The van der Waals surface area contributed by atoms with E-state index in [2.05, 4.69) is 0 Å². The van der Waals surface area contributed by atoms with Crippen molar-refractivity contribution in [1.82, 2.24) is 0 Å². The normalized spacial score (nSPS) is 32.9. The Bertz CT molecular complexity index is 375. The van der Waals surface area contributed by atoms with E-state index in [1.807, 2.05) is 0 Å². The van der Waals surface area contributed by atoms with Gasteiger partial charge in [-0.05, 0) is 19.3 Å². The fourth-order valence-electron chi connectivity index (χ4n) is 2.31. The molecule has 3 atom stereocenters. The van der Waals surface area contributed by atoms with Gasteiger partial charge in [0.2, 0.25) is 0 Å². The molecule has 0 radical (unpaired) electrons. The summed E-state index contributed by atoms with van der Waals surface area (Å²) in [7, 11) is -4.29. The topological polar surface area (TPSA) is 89.9 Å². The third-order valence-electron chi connectivity index (χ3n) is 2.99. The third-order valence-corrected chi connectivity index (χ3v) is 3.59. The SMILES string of the molecule is O=C(CS(=O)(=O)O)OCC1CC2CCC1O2. The Labute approximate surface area is 93.7 Å². The van der Waals surface area contributed by atoms with Crippen molar-refractivity contribution in [3.63, 3.8) is 0 Å². The summed E-state index contributed by atoms with van der Waals surface area (Å²) in [5.41, 5.74) is 0. The molecule has 2 rings (SSSR count). The van der Waals surface area contributed by atoms with Gasteiger partial charge in [-0.2, -0.15) is 8.42 Å². The Hall–Kier alpha value is -0.660. The molecule has 3 unspecified atom stereocenters. The summed E-state index contributed by atoms with van der Waals surface area (Å²) in [5.74, 6) is -1.72. The van der Waals surface area contributed by atoms with Crippen LogP contribution in [0.1, 0.15) is 19.3 Å². The van der Waals surface area contributed by atoms with Crippen LogP contribution in [0, 0.1) is 5.92 Å². The van der Waals surface area contributed by atoms with Crippen molar-refractivity contribution in [3.05, 3.63) is 0 Å². The molecule has 0 aromatic carbocycles. The van der Waals surface area contributed by atoms with Crippen LogP contribution >= 0.6 is 0 Å². The second-order valence-electron chi connectivity index (χ2n) is 4.28. The quantitative estimate of drug-likeness (QED) is 0.557. The maximum absolute atomic E-state index is 11.0. The molecule has 2 heterocycles.